The summed E-state index contributed by atoms with van der Waals surface area (Å²) >= 11 is 0. The molecule has 614 valence electrons. The van der Waals surface area contributed by atoms with Gasteiger partial charge < -0.3 is 29.0 Å². The van der Waals surface area contributed by atoms with Gasteiger partial charge in [-0.3, -0.25) is 0 Å². The smallest absolute Gasteiger partial charge is 0.336 e. The Morgan fingerprint density at radius 1 is 0.322 bits per heavy atom. The van der Waals surface area contributed by atoms with Crippen LogP contribution in [0.25, 0.3) is 134 Å². The molecule has 0 spiro atoms. The van der Waals surface area contributed by atoms with Gasteiger partial charge in [0.05, 0.1) is 87.6 Å². The number of carbonyl (C=O) groups is 3. The number of fused-ring (bicyclic) bond motifs is 6. The van der Waals surface area contributed by atoms with Crippen LogP contribution >= 0.6 is 49.6 Å². The largest absolute Gasteiger partial charge is 0.478 e. The summed E-state index contributed by atoms with van der Waals surface area (Å²) in [4.78, 5) is 61.2. The highest BCUT2D eigenvalue weighted by atomic mass is 35.5. The highest BCUT2D eigenvalue weighted by Crippen LogP contribution is 2.36. The number of hydrogen-bond acceptors (Lipinski definition) is 6. The molecule has 6 aromatic heterocycles. The minimum atomic E-state index is -0.918. The van der Waals surface area contributed by atoms with Gasteiger partial charge in [-0.1, -0.05) is 185 Å². The van der Waals surface area contributed by atoms with E-state index in [0.29, 0.717) is 36.3 Å². The van der Waals surface area contributed by atoms with E-state index in [1.807, 2.05) is 72.8 Å². The van der Waals surface area contributed by atoms with Crippen molar-refractivity contribution in [2.45, 2.75) is 99.7 Å². The van der Waals surface area contributed by atoms with Crippen molar-refractivity contribution in [2.24, 2.45) is 21.1 Å². The molecule has 6 N–H and O–H groups in total. The monoisotopic (exact) mass is 1690 g/mol. The number of aromatic carboxylic acids is 3. The lowest BCUT2D eigenvalue weighted by Crippen LogP contribution is -2.29. The van der Waals surface area contributed by atoms with Crippen molar-refractivity contribution in [3.8, 4) is 67.5 Å². The first kappa shape index (κ1) is 87.3. The highest BCUT2D eigenvalue weighted by Gasteiger charge is 2.27. The third-order valence-corrected chi connectivity index (χ3v) is 22.5. The van der Waals surface area contributed by atoms with E-state index in [0.717, 1.165) is 223 Å². The quantitative estimate of drug-likeness (QED) is 0.0376. The van der Waals surface area contributed by atoms with Crippen LogP contribution in [0, 0.1) is 20.8 Å². The Balaban J connectivity index is 0.000000163. The lowest BCUT2D eigenvalue weighted by molar-refractivity contribution is -0.633. The molecule has 0 aliphatic rings. The Labute approximate surface area is 726 Å². The zero-order valence-electron chi connectivity index (χ0n) is 68.8. The number of nitrogens with zero attached hydrogens (tertiary/aromatic N) is 9. The van der Waals surface area contributed by atoms with Gasteiger partial charge in [0.25, 0.3) is 17.5 Å². The van der Waals surface area contributed by atoms with Crippen LogP contribution in [0.2, 0.25) is 0 Å². The molecule has 12 aromatic carbocycles. The summed E-state index contributed by atoms with van der Waals surface area (Å²) in [5, 5.41) is 28.8. The predicted octanol–water partition coefficient (Wildman–Crippen LogP) is 21.7. The number of aryl methyl sites for hydroxylation is 9. The first-order valence-corrected chi connectivity index (χ1v) is 40.0. The number of halogens is 4. The summed E-state index contributed by atoms with van der Waals surface area (Å²) in [6, 6.07) is 84.4. The van der Waals surface area contributed by atoms with Gasteiger partial charge in [0, 0.05) is 38.9 Å². The van der Waals surface area contributed by atoms with Crippen molar-refractivity contribution in [2.75, 3.05) is 0 Å². The highest BCUT2D eigenvalue weighted by molar-refractivity contribution is 5.98. The Bertz CT molecular complexity index is 6210. The van der Waals surface area contributed by atoms with E-state index in [9.17, 15) is 29.7 Å². The molecule has 0 saturated carbocycles. The zero-order valence-corrected chi connectivity index (χ0v) is 72.1. The summed E-state index contributed by atoms with van der Waals surface area (Å²) in [5.74, 6) is 3.67. The molecular weight excluding hydrogens is 1590 g/mol. The van der Waals surface area contributed by atoms with Crippen LogP contribution in [0.4, 0.5) is 0 Å². The number of carboxylic acid groups (broad SMARTS) is 3. The lowest BCUT2D eigenvalue weighted by Gasteiger charge is -2.11. The topological polar surface area (TPSA) is 224 Å². The molecule has 0 bridgehead atoms. The number of para-hydroxylation sites is 6. The van der Waals surface area contributed by atoms with Crippen LogP contribution in [0.1, 0.15) is 122 Å². The third kappa shape index (κ3) is 17.5. The van der Waals surface area contributed by atoms with Gasteiger partial charge in [0.15, 0.2) is 33.1 Å². The predicted molar refractivity (Wildman–Crippen MR) is 494 cm³/mol. The average molecular weight is 1690 g/mol. The standard InChI is InChI=1S/3C33H30N4O2.4ClH/c3*1-4-9-30-35-31-21(2)18-24(32-34-27-12-7-8-13-28(27)36(32)3)19-29(31)37(30)20-22-14-16-23(17-15-22)25-10-5-6-11-26(25)33(38)39;;;;/h3*5-8,10-19H,4,9,20H2,1-3H3,(H,38,39);4*1H/p+3. The molecule has 6 heterocycles. The molecule has 0 saturated heterocycles. The van der Waals surface area contributed by atoms with Crippen molar-refractivity contribution >= 4 is 134 Å². The number of hydrogen-bond donors (Lipinski definition) is 6. The van der Waals surface area contributed by atoms with Crippen molar-refractivity contribution in [1.29, 1.82) is 0 Å². The Morgan fingerprint density at radius 2 is 0.562 bits per heavy atom. The number of rotatable bonds is 21. The maximum atomic E-state index is 11.7. The molecule has 0 aliphatic carbocycles. The molecule has 18 aromatic rings. The fourth-order valence-electron chi connectivity index (χ4n) is 16.6. The Hall–Kier alpha value is -13.0. The molecule has 0 aliphatic heterocycles. The van der Waals surface area contributed by atoms with Crippen molar-refractivity contribution in [3.63, 3.8) is 0 Å². The summed E-state index contributed by atoms with van der Waals surface area (Å²) < 4.78 is 13.6. The maximum absolute atomic E-state index is 11.7. The van der Waals surface area contributed by atoms with Gasteiger partial charge in [-0.15, -0.1) is 49.6 Å². The van der Waals surface area contributed by atoms with Gasteiger partial charge in [-0.05, 0) is 198 Å². The molecule has 18 nitrogen and oxygen atoms in total. The minimum absolute atomic E-state index is 0. The fourth-order valence-corrected chi connectivity index (χ4v) is 16.6. The molecule has 0 fully saturated rings. The summed E-state index contributed by atoms with van der Waals surface area (Å²) in [7, 11) is 6.28. The first-order chi connectivity index (χ1) is 56.8. The first-order valence-electron chi connectivity index (χ1n) is 40.0. The fraction of sp³-hybridized carbons (Fsp3) is 0.182. The van der Waals surface area contributed by atoms with E-state index in [1.165, 1.54) is 0 Å². The molecule has 22 heteroatoms. The lowest BCUT2D eigenvalue weighted by atomic mass is 9.98. The van der Waals surface area contributed by atoms with Crippen LogP contribution in [-0.2, 0) is 60.0 Å². The molecule has 0 radical (unpaired) electrons. The summed E-state index contributed by atoms with van der Waals surface area (Å²) in [6.45, 7) is 15.0. The summed E-state index contributed by atoms with van der Waals surface area (Å²) in [5.41, 5.74) is 29.3. The van der Waals surface area contributed by atoms with Gasteiger partial charge >= 0.3 is 17.9 Å². The number of nitrogens with one attached hydrogen (secondary N) is 3. The molecule has 121 heavy (non-hydrogen) atoms. The number of benzene rings is 12. The van der Waals surface area contributed by atoms with Gasteiger partial charge in [-0.2, -0.15) is 0 Å². The molecule has 18 rings (SSSR count). The van der Waals surface area contributed by atoms with E-state index in [4.69, 9.17) is 15.0 Å². The number of aromatic amines is 3. The second-order valence-electron chi connectivity index (χ2n) is 30.4. The second kappa shape index (κ2) is 37.5. The van der Waals surface area contributed by atoms with E-state index in [-0.39, 0.29) is 49.6 Å². The number of carboxylic acids is 3. The maximum Gasteiger partial charge on any atom is 0.336 e. The van der Waals surface area contributed by atoms with Crippen molar-refractivity contribution in [3.05, 3.63) is 322 Å². The average Bonchev–Trinajstić information content (AvgIpc) is 1.61. The van der Waals surface area contributed by atoms with E-state index in [1.54, 1.807) is 36.4 Å². The van der Waals surface area contributed by atoms with E-state index in [2.05, 4.69) is 251 Å². The van der Waals surface area contributed by atoms with E-state index >= 15 is 0 Å². The zero-order chi connectivity index (χ0) is 81.3. The van der Waals surface area contributed by atoms with Gasteiger partial charge in [0.1, 0.15) is 17.5 Å². The number of aromatic nitrogens is 12. The molecule has 0 unspecified atom stereocenters. The molecular formula is C99H97Cl4N12O6+3. The van der Waals surface area contributed by atoms with Crippen LogP contribution in [0.5, 0.6) is 0 Å². The number of H-pyrrole nitrogens is 3. The van der Waals surface area contributed by atoms with Gasteiger partial charge in [-0.25, -0.2) is 58.0 Å². The summed E-state index contributed by atoms with van der Waals surface area (Å²) in [6.07, 6.45) is 5.72. The van der Waals surface area contributed by atoms with Crippen LogP contribution in [-0.4, -0.2) is 76.8 Å². The number of imidazole rings is 6. The normalized spacial score (nSPS) is 11.1. The third-order valence-electron chi connectivity index (χ3n) is 22.5. The Morgan fingerprint density at radius 3 is 0.802 bits per heavy atom. The Kier molecular flexibility index (Phi) is 27.1. The van der Waals surface area contributed by atoms with Crippen molar-refractivity contribution in [1.82, 2.24) is 43.6 Å². The van der Waals surface area contributed by atoms with Crippen LogP contribution < -0.4 is 13.7 Å². The van der Waals surface area contributed by atoms with Crippen molar-refractivity contribution < 1.29 is 43.4 Å². The molecule has 0 amide bonds. The van der Waals surface area contributed by atoms with Gasteiger partial charge in [0.2, 0.25) is 0 Å². The van der Waals surface area contributed by atoms with E-state index < -0.39 is 17.9 Å². The second-order valence-corrected chi connectivity index (χ2v) is 30.4. The minimum Gasteiger partial charge on any atom is -0.478 e. The molecule has 0 atom stereocenters. The van der Waals surface area contributed by atoms with Crippen LogP contribution in [0.15, 0.2) is 255 Å². The van der Waals surface area contributed by atoms with Crippen LogP contribution in [0.3, 0.4) is 0 Å². The SMILES string of the molecule is CCCc1nc2c(C)cc(-c3[nH]c4ccccc4[n+]3C)cc2n1Cc1ccc(-c2ccccc2C(=O)O)cc1.CCCc1nc2c(C)cc(-c3[nH]c4ccccc4[n+]3C)cc2n1Cc1ccc(-c2ccccc2C(=O)O)cc1.CCCc1nc2c(C)cc(-c3[nH]c4ccccc4[n+]3C)cc2n1Cc1ccc(-c2ccccc2C(=O)O)cc1.Cl.Cl.Cl.Cl.